The lowest BCUT2D eigenvalue weighted by Gasteiger charge is -2.04. The molecule has 1 aromatic heterocycles. The van der Waals surface area contributed by atoms with E-state index in [4.69, 9.17) is 5.14 Å². The molecule has 1 heterocycles. The van der Waals surface area contributed by atoms with Gasteiger partial charge in [0.1, 0.15) is 4.90 Å². The van der Waals surface area contributed by atoms with E-state index in [1.54, 1.807) is 6.92 Å². The Labute approximate surface area is 113 Å². The van der Waals surface area contributed by atoms with Crippen molar-refractivity contribution in [3.05, 3.63) is 11.4 Å². The van der Waals surface area contributed by atoms with Crippen molar-refractivity contribution in [2.45, 2.75) is 44.4 Å². The van der Waals surface area contributed by atoms with Crippen molar-refractivity contribution in [3.63, 3.8) is 0 Å². The molecule has 0 aliphatic rings. The maximum atomic E-state index is 11.9. The van der Waals surface area contributed by atoms with Crippen LogP contribution in [0.15, 0.2) is 4.90 Å². The first-order valence-electron chi connectivity index (χ1n) is 6.30. The summed E-state index contributed by atoms with van der Waals surface area (Å²) in [4.78, 5) is 11.7. The monoisotopic (exact) mass is 288 g/mol. The van der Waals surface area contributed by atoms with Crippen LogP contribution in [0.3, 0.4) is 0 Å². The minimum atomic E-state index is -3.97. The molecule has 0 radical (unpaired) electrons. The molecule has 0 aliphatic carbocycles. The molecule has 19 heavy (non-hydrogen) atoms. The number of sulfonamides is 1. The van der Waals surface area contributed by atoms with Gasteiger partial charge in [0.2, 0.25) is 10.0 Å². The van der Waals surface area contributed by atoms with Crippen LogP contribution in [0, 0.1) is 0 Å². The SMILES string of the molecule is CCCCCNC(=O)c1n[nH]c(CC)c1S(N)(=O)=O. The molecule has 8 heteroatoms. The van der Waals surface area contributed by atoms with Crippen LogP contribution in [-0.4, -0.2) is 31.1 Å². The van der Waals surface area contributed by atoms with Crippen LogP contribution >= 0.6 is 0 Å². The van der Waals surface area contributed by atoms with Crippen molar-refractivity contribution >= 4 is 15.9 Å². The van der Waals surface area contributed by atoms with Crippen molar-refractivity contribution in [1.29, 1.82) is 0 Å². The fraction of sp³-hybridized carbons (Fsp3) is 0.636. The van der Waals surface area contributed by atoms with Gasteiger partial charge in [-0.25, -0.2) is 13.6 Å². The lowest BCUT2D eigenvalue weighted by atomic mass is 10.2. The summed E-state index contributed by atoms with van der Waals surface area (Å²) in [5.74, 6) is -0.518. The van der Waals surface area contributed by atoms with Crippen LogP contribution in [0.5, 0.6) is 0 Å². The Balaban J connectivity index is 2.89. The van der Waals surface area contributed by atoms with E-state index >= 15 is 0 Å². The molecule has 4 N–H and O–H groups in total. The van der Waals surface area contributed by atoms with Crippen molar-refractivity contribution in [2.75, 3.05) is 6.54 Å². The number of H-pyrrole nitrogens is 1. The van der Waals surface area contributed by atoms with E-state index in [0.29, 0.717) is 18.7 Å². The minimum Gasteiger partial charge on any atom is -0.351 e. The maximum absolute atomic E-state index is 11.9. The van der Waals surface area contributed by atoms with Gasteiger partial charge in [-0.1, -0.05) is 26.7 Å². The third-order valence-electron chi connectivity index (χ3n) is 2.71. The second-order valence-corrected chi connectivity index (χ2v) is 5.74. The molecule has 7 nitrogen and oxygen atoms in total. The molecule has 0 unspecified atom stereocenters. The highest BCUT2D eigenvalue weighted by Crippen LogP contribution is 2.17. The quantitative estimate of drug-likeness (QED) is 0.634. The number of carbonyl (C=O) groups excluding carboxylic acids is 1. The predicted molar refractivity (Wildman–Crippen MR) is 71.2 cm³/mol. The van der Waals surface area contributed by atoms with Gasteiger partial charge in [0.05, 0.1) is 5.69 Å². The summed E-state index contributed by atoms with van der Waals surface area (Å²) in [5.41, 5.74) is 0.192. The fourth-order valence-electron chi connectivity index (χ4n) is 1.73. The summed E-state index contributed by atoms with van der Waals surface area (Å²) < 4.78 is 23.0. The predicted octanol–water partition coefficient (Wildman–Crippen LogP) is 0.540. The highest BCUT2D eigenvalue weighted by molar-refractivity contribution is 7.89. The molecular formula is C11H20N4O3S. The minimum absolute atomic E-state index is 0.157. The highest BCUT2D eigenvalue weighted by atomic mass is 32.2. The van der Waals surface area contributed by atoms with E-state index in [-0.39, 0.29) is 10.6 Å². The van der Waals surface area contributed by atoms with Gasteiger partial charge in [-0.05, 0) is 12.8 Å². The average Bonchev–Trinajstić information content (AvgIpc) is 2.78. The summed E-state index contributed by atoms with van der Waals surface area (Å²) in [6, 6.07) is 0. The van der Waals surface area contributed by atoms with Crippen LogP contribution in [0.25, 0.3) is 0 Å². The molecule has 0 saturated carbocycles. The number of carbonyl (C=O) groups is 1. The van der Waals surface area contributed by atoms with E-state index in [1.165, 1.54) is 0 Å². The van der Waals surface area contributed by atoms with E-state index in [9.17, 15) is 13.2 Å². The largest absolute Gasteiger partial charge is 0.351 e. The Morgan fingerprint density at radius 1 is 1.37 bits per heavy atom. The van der Waals surface area contributed by atoms with E-state index in [0.717, 1.165) is 19.3 Å². The Hall–Kier alpha value is -1.41. The number of amides is 1. The van der Waals surface area contributed by atoms with Crippen LogP contribution < -0.4 is 10.5 Å². The molecule has 0 aromatic carbocycles. The van der Waals surface area contributed by atoms with E-state index < -0.39 is 15.9 Å². The number of nitrogens with two attached hydrogens (primary N) is 1. The third kappa shape index (κ3) is 4.03. The highest BCUT2D eigenvalue weighted by Gasteiger charge is 2.26. The van der Waals surface area contributed by atoms with Crippen molar-refractivity contribution in [1.82, 2.24) is 15.5 Å². The first-order valence-corrected chi connectivity index (χ1v) is 7.84. The molecule has 0 bridgehead atoms. The zero-order valence-electron chi connectivity index (χ0n) is 11.2. The van der Waals surface area contributed by atoms with E-state index in [2.05, 4.69) is 22.4 Å². The molecule has 0 spiro atoms. The smallest absolute Gasteiger partial charge is 0.273 e. The zero-order chi connectivity index (χ0) is 14.5. The third-order valence-corrected chi connectivity index (χ3v) is 3.72. The summed E-state index contributed by atoms with van der Waals surface area (Å²) in [7, 11) is -3.97. The number of unbranched alkanes of at least 4 members (excludes halogenated alkanes) is 2. The van der Waals surface area contributed by atoms with Gasteiger partial charge in [0, 0.05) is 6.54 Å². The van der Waals surface area contributed by atoms with Crippen molar-refractivity contribution < 1.29 is 13.2 Å². The molecular weight excluding hydrogens is 268 g/mol. The topological polar surface area (TPSA) is 118 Å². The lowest BCUT2D eigenvalue weighted by molar-refractivity contribution is 0.0944. The number of nitrogens with zero attached hydrogens (tertiary/aromatic N) is 1. The maximum Gasteiger partial charge on any atom is 0.273 e. The number of aryl methyl sites for hydroxylation is 1. The Morgan fingerprint density at radius 2 is 2.05 bits per heavy atom. The van der Waals surface area contributed by atoms with Gasteiger partial charge in [-0.2, -0.15) is 5.10 Å². The Kier molecular flexibility index (Phi) is 5.49. The number of aromatic nitrogens is 2. The molecule has 1 rings (SSSR count). The number of hydrogen-bond acceptors (Lipinski definition) is 4. The summed E-state index contributed by atoms with van der Waals surface area (Å²) >= 11 is 0. The van der Waals surface area contributed by atoms with Crippen LogP contribution in [-0.2, 0) is 16.4 Å². The summed E-state index contributed by atoms with van der Waals surface area (Å²) in [6.45, 7) is 4.30. The van der Waals surface area contributed by atoms with Gasteiger partial charge in [0.25, 0.3) is 5.91 Å². The molecule has 1 amide bonds. The molecule has 108 valence electrons. The number of primary sulfonamides is 1. The van der Waals surface area contributed by atoms with E-state index in [1.807, 2.05) is 0 Å². The number of rotatable bonds is 7. The van der Waals surface area contributed by atoms with Gasteiger partial charge in [-0.15, -0.1) is 0 Å². The zero-order valence-corrected chi connectivity index (χ0v) is 12.0. The normalized spacial score (nSPS) is 11.5. The standard InChI is InChI=1S/C11H20N4O3S/c1-3-5-6-7-13-11(16)9-10(19(12,17)18)8(4-2)14-15-9/h3-7H2,1-2H3,(H,13,16)(H,14,15)(H2,12,17,18). The summed E-state index contributed by atoms with van der Waals surface area (Å²) in [6.07, 6.45) is 3.30. The first kappa shape index (κ1) is 15.6. The van der Waals surface area contributed by atoms with Gasteiger partial charge >= 0.3 is 0 Å². The van der Waals surface area contributed by atoms with Crippen LogP contribution in [0.4, 0.5) is 0 Å². The van der Waals surface area contributed by atoms with Gasteiger partial charge in [-0.3, -0.25) is 9.89 Å². The number of hydrogen-bond donors (Lipinski definition) is 3. The molecule has 0 atom stereocenters. The van der Waals surface area contributed by atoms with Crippen LogP contribution in [0.2, 0.25) is 0 Å². The fourth-order valence-corrected chi connectivity index (χ4v) is 2.67. The Bertz CT molecular complexity index is 536. The average molecular weight is 288 g/mol. The second-order valence-electron chi connectivity index (χ2n) is 4.24. The molecule has 0 fully saturated rings. The number of nitrogens with one attached hydrogen (secondary N) is 2. The Morgan fingerprint density at radius 3 is 2.58 bits per heavy atom. The van der Waals surface area contributed by atoms with Crippen molar-refractivity contribution in [2.24, 2.45) is 5.14 Å². The van der Waals surface area contributed by atoms with Gasteiger partial charge in [0.15, 0.2) is 5.69 Å². The molecule has 1 aromatic rings. The van der Waals surface area contributed by atoms with Crippen molar-refractivity contribution in [3.8, 4) is 0 Å². The number of aromatic amines is 1. The molecule has 0 saturated heterocycles. The lowest BCUT2D eigenvalue weighted by Crippen LogP contribution is -2.27. The van der Waals surface area contributed by atoms with Crippen LogP contribution in [0.1, 0.15) is 49.3 Å². The molecule has 0 aliphatic heterocycles. The first-order chi connectivity index (χ1) is 8.91. The van der Waals surface area contributed by atoms with Gasteiger partial charge < -0.3 is 5.32 Å². The second kappa shape index (κ2) is 6.67. The summed E-state index contributed by atoms with van der Waals surface area (Å²) in [5, 5.41) is 14.1.